The number of amides is 2. The summed E-state index contributed by atoms with van der Waals surface area (Å²) in [5.41, 5.74) is 1.89. The van der Waals surface area contributed by atoms with Crippen molar-refractivity contribution in [3.05, 3.63) is 35.7 Å². The van der Waals surface area contributed by atoms with E-state index in [1.54, 1.807) is 16.8 Å². The van der Waals surface area contributed by atoms with Crippen LogP contribution in [0, 0.1) is 23.2 Å². The monoisotopic (exact) mass is 436 g/mol. The predicted molar refractivity (Wildman–Crippen MR) is 119 cm³/mol. The van der Waals surface area contributed by atoms with Crippen LogP contribution in [0.5, 0.6) is 0 Å². The Morgan fingerprint density at radius 2 is 1.75 bits per heavy atom. The van der Waals surface area contributed by atoms with Crippen LogP contribution in [0.2, 0.25) is 0 Å². The van der Waals surface area contributed by atoms with Crippen molar-refractivity contribution >= 4 is 17.3 Å². The SMILES string of the molecule is O=C(NC1CCOCC1)c1cc2c(C(=O)NCC34CC5CC(CC(C5)C3)C4)cccn2n1. The Morgan fingerprint density at radius 1 is 1.06 bits per heavy atom. The number of nitrogens with zero attached hydrogens (tertiary/aromatic N) is 2. The zero-order valence-corrected chi connectivity index (χ0v) is 18.5. The number of ether oxygens (including phenoxy) is 1. The van der Waals surface area contributed by atoms with E-state index < -0.39 is 0 Å². The lowest BCUT2D eigenvalue weighted by Gasteiger charge is -2.56. The summed E-state index contributed by atoms with van der Waals surface area (Å²) >= 11 is 0. The van der Waals surface area contributed by atoms with Crippen LogP contribution < -0.4 is 10.6 Å². The molecule has 4 saturated carbocycles. The first-order valence-electron chi connectivity index (χ1n) is 12.2. The molecule has 1 aliphatic heterocycles. The zero-order chi connectivity index (χ0) is 21.7. The van der Waals surface area contributed by atoms with E-state index in [4.69, 9.17) is 4.74 Å². The molecule has 32 heavy (non-hydrogen) atoms. The molecule has 0 unspecified atom stereocenters. The summed E-state index contributed by atoms with van der Waals surface area (Å²) < 4.78 is 7.00. The van der Waals surface area contributed by atoms with Crippen LogP contribution in [-0.4, -0.2) is 47.2 Å². The second-order valence-corrected chi connectivity index (χ2v) is 10.7. The Labute approximate surface area is 188 Å². The Kier molecular flexibility index (Phi) is 4.97. The number of pyridine rings is 1. The van der Waals surface area contributed by atoms with E-state index in [0.717, 1.165) is 37.1 Å². The van der Waals surface area contributed by atoms with Crippen molar-refractivity contribution in [2.45, 2.75) is 57.4 Å². The number of hydrogen-bond donors (Lipinski definition) is 2. The second kappa shape index (κ2) is 7.87. The first-order valence-corrected chi connectivity index (χ1v) is 12.2. The van der Waals surface area contributed by atoms with Gasteiger partial charge in [-0.3, -0.25) is 9.59 Å². The Bertz CT molecular complexity index is 1000. The molecular formula is C25H32N4O3. The van der Waals surface area contributed by atoms with Gasteiger partial charge in [0.05, 0.1) is 11.1 Å². The molecule has 7 nitrogen and oxygen atoms in total. The smallest absolute Gasteiger partial charge is 0.272 e. The molecule has 2 aromatic rings. The maximum absolute atomic E-state index is 13.2. The summed E-state index contributed by atoms with van der Waals surface area (Å²) in [5, 5.41) is 10.7. The molecule has 4 aliphatic carbocycles. The van der Waals surface area contributed by atoms with Gasteiger partial charge in [0, 0.05) is 32.0 Å². The topological polar surface area (TPSA) is 84.7 Å². The van der Waals surface area contributed by atoms with Gasteiger partial charge in [0.1, 0.15) is 0 Å². The fourth-order valence-electron chi connectivity index (χ4n) is 7.29. The molecule has 5 aliphatic rings. The Hall–Kier alpha value is -2.41. The molecule has 170 valence electrons. The van der Waals surface area contributed by atoms with Crippen molar-refractivity contribution in [2.75, 3.05) is 19.8 Å². The van der Waals surface area contributed by atoms with Crippen molar-refractivity contribution in [1.82, 2.24) is 20.2 Å². The van der Waals surface area contributed by atoms with Crippen molar-refractivity contribution in [3.8, 4) is 0 Å². The summed E-state index contributed by atoms with van der Waals surface area (Å²) in [7, 11) is 0. The third kappa shape index (κ3) is 3.70. The van der Waals surface area contributed by atoms with Crippen molar-refractivity contribution in [1.29, 1.82) is 0 Å². The molecule has 4 bridgehead atoms. The maximum atomic E-state index is 13.2. The van der Waals surface area contributed by atoms with Gasteiger partial charge >= 0.3 is 0 Å². The van der Waals surface area contributed by atoms with E-state index in [-0.39, 0.29) is 17.9 Å². The largest absolute Gasteiger partial charge is 0.381 e. The average Bonchev–Trinajstić information content (AvgIpc) is 3.22. The van der Waals surface area contributed by atoms with Gasteiger partial charge in [-0.25, -0.2) is 4.52 Å². The van der Waals surface area contributed by atoms with E-state index >= 15 is 0 Å². The van der Waals surface area contributed by atoms with Crippen molar-refractivity contribution < 1.29 is 14.3 Å². The molecule has 0 atom stereocenters. The van der Waals surface area contributed by atoms with Crippen LogP contribution in [-0.2, 0) is 4.74 Å². The molecule has 0 spiro atoms. The molecule has 7 rings (SSSR count). The highest BCUT2D eigenvalue weighted by Crippen LogP contribution is 2.59. The lowest BCUT2D eigenvalue weighted by atomic mass is 9.49. The van der Waals surface area contributed by atoms with Gasteiger partial charge in [-0.1, -0.05) is 0 Å². The first kappa shape index (κ1) is 20.2. The molecule has 3 heterocycles. The Morgan fingerprint density at radius 3 is 2.44 bits per heavy atom. The fraction of sp³-hybridized carbons (Fsp3) is 0.640. The third-order valence-corrected chi connectivity index (χ3v) is 8.32. The van der Waals surface area contributed by atoms with E-state index in [1.807, 2.05) is 12.1 Å². The number of hydrogen-bond acceptors (Lipinski definition) is 4. The lowest BCUT2D eigenvalue weighted by molar-refractivity contribution is -0.0503. The van der Waals surface area contributed by atoms with Crippen LogP contribution in [0.1, 0.15) is 72.2 Å². The molecule has 1 saturated heterocycles. The fourth-order valence-corrected chi connectivity index (χ4v) is 7.29. The second-order valence-electron chi connectivity index (χ2n) is 10.7. The molecule has 2 amide bonds. The van der Waals surface area contributed by atoms with E-state index in [0.29, 0.717) is 35.4 Å². The summed E-state index contributed by atoms with van der Waals surface area (Å²) in [5.74, 6) is 2.35. The molecule has 0 radical (unpaired) electrons. The molecule has 0 aromatic carbocycles. The predicted octanol–water partition coefficient (Wildman–Crippen LogP) is 3.19. The molecule has 7 heteroatoms. The van der Waals surface area contributed by atoms with Crippen molar-refractivity contribution in [3.63, 3.8) is 0 Å². The number of carbonyl (C=O) groups is 2. The summed E-state index contributed by atoms with van der Waals surface area (Å²) in [6, 6.07) is 5.49. The van der Waals surface area contributed by atoms with Crippen LogP contribution >= 0.6 is 0 Å². The highest BCUT2D eigenvalue weighted by molar-refractivity contribution is 6.02. The number of nitrogens with one attached hydrogen (secondary N) is 2. The van der Waals surface area contributed by atoms with Gasteiger partial charge < -0.3 is 15.4 Å². The third-order valence-electron chi connectivity index (χ3n) is 8.32. The molecule has 2 N–H and O–H groups in total. The van der Waals surface area contributed by atoms with Crippen LogP contribution in [0.25, 0.3) is 5.52 Å². The van der Waals surface area contributed by atoms with Gasteiger partial charge in [-0.2, -0.15) is 5.10 Å². The minimum Gasteiger partial charge on any atom is -0.381 e. The minimum atomic E-state index is -0.194. The van der Waals surface area contributed by atoms with Gasteiger partial charge in [-0.05, 0) is 92.7 Å². The number of aromatic nitrogens is 2. The minimum absolute atomic E-state index is 0.0670. The zero-order valence-electron chi connectivity index (χ0n) is 18.5. The molecule has 5 fully saturated rings. The van der Waals surface area contributed by atoms with Gasteiger partial charge in [-0.15, -0.1) is 0 Å². The average molecular weight is 437 g/mol. The van der Waals surface area contributed by atoms with Crippen LogP contribution in [0.4, 0.5) is 0 Å². The highest BCUT2D eigenvalue weighted by atomic mass is 16.5. The van der Waals surface area contributed by atoms with E-state index in [1.165, 1.54) is 38.5 Å². The van der Waals surface area contributed by atoms with Gasteiger partial charge in [0.2, 0.25) is 0 Å². The van der Waals surface area contributed by atoms with Crippen molar-refractivity contribution in [2.24, 2.45) is 23.2 Å². The van der Waals surface area contributed by atoms with E-state index in [2.05, 4.69) is 15.7 Å². The summed E-state index contributed by atoms with van der Waals surface area (Å²) in [6.45, 7) is 2.11. The lowest BCUT2D eigenvalue weighted by Crippen LogP contribution is -2.51. The Balaban J connectivity index is 1.16. The molecule has 2 aromatic heterocycles. The summed E-state index contributed by atoms with van der Waals surface area (Å²) in [4.78, 5) is 25.9. The van der Waals surface area contributed by atoms with Crippen LogP contribution in [0.3, 0.4) is 0 Å². The van der Waals surface area contributed by atoms with Crippen LogP contribution in [0.15, 0.2) is 24.4 Å². The maximum Gasteiger partial charge on any atom is 0.272 e. The number of fused-ring (bicyclic) bond motifs is 1. The first-order chi connectivity index (χ1) is 15.6. The van der Waals surface area contributed by atoms with E-state index in [9.17, 15) is 9.59 Å². The normalized spacial score (nSPS) is 31.7. The molecular weight excluding hydrogens is 404 g/mol. The van der Waals surface area contributed by atoms with Gasteiger partial charge in [0.15, 0.2) is 5.69 Å². The standard InChI is InChI=1S/C25H32N4O3/c30-23(26-15-25-12-16-8-17(13-25)10-18(9-16)14-25)20-2-1-5-29-22(20)11-21(28-29)24(31)27-19-3-6-32-7-4-19/h1-2,5,11,16-19H,3-4,6-10,12-15H2,(H,26,30)(H,27,31). The summed E-state index contributed by atoms with van der Waals surface area (Å²) in [6.07, 6.45) is 11.4. The van der Waals surface area contributed by atoms with Gasteiger partial charge in [0.25, 0.3) is 11.8 Å². The highest BCUT2D eigenvalue weighted by Gasteiger charge is 2.50. The quantitative estimate of drug-likeness (QED) is 0.754. The number of rotatable bonds is 5. The number of carbonyl (C=O) groups excluding carboxylic acids is 2.